The molecule has 0 unspecified atom stereocenters. The molecular formula is C31H24N4O5. The van der Waals surface area contributed by atoms with E-state index in [1.807, 2.05) is 60.8 Å². The lowest BCUT2D eigenvalue weighted by atomic mass is 10.0. The summed E-state index contributed by atoms with van der Waals surface area (Å²) >= 11 is 0. The Kier molecular flexibility index (Phi) is 6.45. The number of carbonyl (C=O) groups is 1. The third-order valence-electron chi connectivity index (χ3n) is 6.86. The van der Waals surface area contributed by atoms with Crippen molar-refractivity contribution in [1.29, 1.82) is 0 Å². The van der Waals surface area contributed by atoms with E-state index < -0.39 is 4.92 Å². The van der Waals surface area contributed by atoms with Crippen LogP contribution in [0.4, 0.5) is 22.7 Å². The first-order chi connectivity index (χ1) is 19.5. The van der Waals surface area contributed by atoms with Crippen LogP contribution in [0.25, 0.3) is 21.9 Å². The Morgan fingerprint density at radius 1 is 0.875 bits per heavy atom. The molecular weight excluding hydrogens is 508 g/mol. The van der Waals surface area contributed by atoms with E-state index in [0.29, 0.717) is 30.0 Å². The number of amides is 1. The van der Waals surface area contributed by atoms with Crippen molar-refractivity contribution in [2.75, 3.05) is 24.4 Å². The fraction of sp³-hybridized carbons (Fsp3) is 0.0968. The quantitative estimate of drug-likeness (QED) is 0.176. The Balaban J connectivity index is 1.21. The number of pyridine rings is 1. The van der Waals surface area contributed by atoms with Gasteiger partial charge in [0.15, 0.2) is 5.75 Å². The number of ether oxygens (including phenoxy) is 2. The van der Waals surface area contributed by atoms with E-state index in [2.05, 4.69) is 15.6 Å². The van der Waals surface area contributed by atoms with E-state index in [-0.39, 0.29) is 17.3 Å². The third kappa shape index (κ3) is 4.76. The van der Waals surface area contributed by atoms with Crippen molar-refractivity contribution in [3.05, 3.63) is 112 Å². The summed E-state index contributed by atoms with van der Waals surface area (Å²) in [6.07, 6.45) is 4.22. The second-order valence-electron chi connectivity index (χ2n) is 9.31. The van der Waals surface area contributed by atoms with Crippen molar-refractivity contribution >= 4 is 39.4 Å². The SMILES string of the molecule is COc1cc(-c2ccc3c(c2)Nc2ccc(CCOc4cccc5cnccc45)cc2NC3=O)ccc1[N+](=O)[O-]. The normalized spacial score (nSPS) is 12.0. The first kappa shape index (κ1) is 24.9. The molecule has 5 aromatic rings. The molecule has 4 aromatic carbocycles. The number of hydrogen-bond donors (Lipinski definition) is 2. The van der Waals surface area contributed by atoms with Crippen LogP contribution in [-0.2, 0) is 6.42 Å². The second-order valence-corrected chi connectivity index (χ2v) is 9.31. The molecule has 1 amide bonds. The minimum atomic E-state index is -0.482. The number of nitro groups is 1. The number of rotatable bonds is 7. The number of nitro benzene ring substituents is 1. The second kappa shape index (κ2) is 10.4. The number of anilines is 3. The molecule has 0 atom stereocenters. The fourth-order valence-electron chi connectivity index (χ4n) is 4.82. The number of methoxy groups -OCH3 is 1. The van der Waals surface area contributed by atoms with E-state index in [4.69, 9.17) is 9.47 Å². The molecule has 0 aliphatic carbocycles. The van der Waals surface area contributed by atoms with Crippen LogP contribution in [0.1, 0.15) is 15.9 Å². The van der Waals surface area contributed by atoms with Crippen LogP contribution >= 0.6 is 0 Å². The van der Waals surface area contributed by atoms with E-state index in [0.717, 1.165) is 38.9 Å². The molecule has 40 heavy (non-hydrogen) atoms. The van der Waals surface area contributed by atoms with E-state index in [1.165, 1.54) is 13.2 Å². The van der Waals surface area contributed by atoms with Crippen LogP contribution in [0.15, 0.2) is 91.3 Å². The van der Waals surface area contributed by atoms with Gasteiger partial charge in [0, 0.05) is 35.7 Å². The first-order valence-electron chi connectivity index (χ1n) is 12.6. The summed E-state index contributed by atoms with van der Waals surface area (Å²) in [5.41, 5.74) is 4.99. The smallest absolute Gasteiger partial charge is 0.310 e. The summed E-state index contributed by atoms with van der Waals surface area (Å²) in [4.78, 5) is 28.0. The molecule has 9 heteroatoms. The van der Waals surface area contributed by atoms with Crippen LogP contribution in [0.5, 0.6) is 11.5 Å². The van der Waals surface area contributed by atoms with E-state index >= 15 is 0 Å². The molecule has 0 saturated heterocycles. The number of fused-ring (bicyclic) bond motifs is 3. The highest BCUT2D eigenvalue weighted by Gasteiger charge is 2.21. The molecule has 0 radical (unpaired) electrons. The molecule has 1 aliphatic rings. The van der Waals surface area contributed by atoms with Crippen LogP contribution < -0.4 is 20.1 Å². The van der Waals surface area contributed by atoms with E-state index in [1.54, 1.807) is 24.4 Å². The summed E-state index contributed by atoms with van der Waals surface area (Å²) in [5.74, 6) is 0.746. The van der Waals surface area contributed by atoms with Crippen molar-refractivity contribution in [3.63, 3.8) is 0 Å². The van der Waals surface area contributed by atoms with Gasteiger partial charge in [0.2, 0.25) is 0 Å². The van der Waals surface area contributed by atoms with Gasteiger partial charge in [-0.15, -0.1) is 0 Å². The number of nitrogens with one attached hydrogen (secondary N) is 2. The number of nitrogens with zero attached hydrogens (tertiary/aromatic N) is 2. The Hall–Kier alpha value is -5.44. The molecule has 0 saturated carbocycles. The molecule has 2 N–H and O–H groups in total. The average molecular weight is 533 g/mol. The largest absolute Gasteiger partial charge is 0.493 e. The van der Waals surface area contributed by atoms with Crippen molar-refractivity contribution in [2.45, 2.75) is 6.42 Å². The minimum Gasteiger partial charge on any atom is -0.493 e. The molecule has 0 fully saturated rings. The summed E-state index contributed by atoms with van der Waals surface area (Å²) in [5, 5.41) is 19.7. The van der Waals surface area contributed by atoms with Crippen LogP contribution in [0, 0.1) is 10.1 Å². The van der Waals surface area contributed by atoms with Crippen LogP contribution in [-0.4, -0.2) is 29.5 Å². The Labute approximate surface area is 229 Å². The molecule has 0 bridgehead atoms. The lowest BCUT2D eigenvalue weighted by Crippen LogP contribution is -2.11. The highest BCUT2D eigenvalue weighted by molar-refractivity contribution is 6.12. The zero-order chi connectivity index (χ0) is 27.6. The maximum atomic E-state index is 13.1. The maximum Gasteiger partial charge on any atom is 0.310 e. The number of benzene rings is 4. The van der Waals surface area contributed by atoms with Gasteiger partial charge in [-0.3, -0.25) is 19.9 Å². The lowest BCUT2D eigenvalue weighted by molar-refractivity contribution is -0.385. The molecule has 198 valence electrons. The number of aromatic nitrogens is 1. The highest BCUT2D eigenvalue weighted by Crippen LogP contribution is 2.37. The molecule has 6 rings (SSSR count). The zero-order valence-corrected chi connectivity index (χ0v) is 21.5. The van der Waals surface area contributed by atoms with Gasteiger partial charge in [0.05, 0.1) is 41.3 Å². The molecule has 1 aromatic heterocycles. The Morgan fingerprint density at radius 3 is 2.58 bits per heavy atom. The number of carbonyl (C=O) groups excluding carboxylic acids is 1. The van der Waals surface area contributed by atoms with Crippen LogP contribution in [0.3, 0.4) is 0 Å². The summed E-state index contributed by atoms with van der Waals surface area (Å²) in [6.45, 7) is 0.476. The Bertz CT molecular complexity index is 1780. The Morgan fingerprint density at radius 2 is 1.73 bits per heavy atom. The van der Waals surface area contributed by atoms with Gasteiger partial charge >= 0.3 is 5.69 Å². The molecule has 0 spiro atoms. The van der Waals surface area contributed by atoms with Crippen molar-refractivity contribution in [1.82, 2.24) is 4.98 Å². The summed E-state index contributed by atoms with van der Waals surface area (Å²) in [6, 6.07) is 23.8. The predicted molar refractivity (Wildman–Crippen MR) is 154 cm³/mol. The monoisotopic (exact) mass is 532 g/mol. The zero-order valence-electron chi connectivity index (χ0n) is 21.5. The highest BCUT2D eigenvalue weighted by atomic mass is 16.6. The van der Waals surface area contributed by atoms with Gasteiger partial charge in [-0.05, 0) is 65.2 Å². The lowest BCUT2D eigenvalue weighted by Gasteiger charge is -2.13. The van der Waals surface area contributed by atoms with Crippen molar-refractivity contribution in [3.8, 4) is 22.6 Å². The minimum absolute atomic E-state index is 0.108. The van der Waals surface area contributed by atoms with E-state index in [9.17, 15) is 14.9 Å². The average Bonchev–Trinajstić information content (AvgIpc) is 3.11. The summed E-state index contributed by atoms with van der Waals surface area (Å²) in [7, 11) is 1.40. The fourth-order valence-corrected chi connectivity index (χ4v) is 4.82. The molecule has 2 heterocycles. The van der Waals surface area contributed by atoms with Gasteiger partial charge in [0.25, 0.3) is 5.91 Å². The van der Waals surface area contributed by atoms with Gasteiger partial charge in [-0.1, -0.05) is 24.3 Å². The van der Waals surface area contributed by atoms with Crippen molar-refractivity contribution < 1.29 is 19.2 Å². The van der Waals surface area contributed by atoms with Gasteiger partial charge in [-0.2, -0.15) is 0 Å². The van der Waals surface area contributed by atoms with Crippen LogP contribution in [0.2, 0.25) is 0 Å². The van der Waals surface area contributed by atoms with Crippen molar-refractivity contribution in [2.24, 2.45) is 0 Å². The topological polar surface area (TPSA) is 116 Å². The predicted octanol–water partition coefficient (Wildman–Crippen LogP) is 6.75. The number of hydrogen-bond acceptors (Lipinski definition) is 7. The first-order valence-corrected chi connectivity index (χ1v) is 12.6. The molecule has 9 nitrogen and oxygen atoms in total. The standard InChI is InChI=1S/C31H24N4O5/c1-39-30-17-21(7-10-28(30)35(37)38)20-6-8-24-26(16-20)33-25-9-5-19(15-27(25)34-31(24)36)12-14-40-29-4-2-3-22-18-32-13-11-23(22)29/h2-11,13,15-18,33H,12,14H2,1H3,(H,34,36). The third-order valence-corrected chi connectivity index (χ3v) is 6.86. The van der Waals surface area contributed by atoms with Gasteiger partial charge in [0.1, 0.15) is 5.75 Å². The molecule has 1 aliphatic heterocycles. The summed E-state index contributed by atoms with van der Waals surface area (Å²) < 4.78 is 11.3. The maximum absolute atomic E-state index is 13.1. The van der Waals surface area contributed by atoms with Gasteiger partial charge in [-0.25, -0.2) is 0 Å². The van der Waals surface area contributed by atoms with Gasteiger partial charge < -0.3 is 20.1 Å².